The molecule has 1 heterocycles. The summed E-state index contributed by atoms with van der Waals surface area (Å²) in [5.41, 5.74) is 0.645. The molecule has 2 fully saturated rings. The van der Waals surface area contributed by atoms with E-state index in [4.69, 9.17) is 5.11 Å². The summed E-state index contributed by atoms with van der Waals surface area (Å²) in [4.78, 5) is 12.9. The number of likely N-dealkylation sites (tertiary alicyclic amines) is 1. The summed E-state index contributed by atoms with van der Waals surface area (Å²) >= 11 is 0. The van der Waals surface area contributed by atoms with Crippen LogP contribution in [0, 0.1) is 5.41 Å². The van der Waals surface area contributed by atoms with Gasteiger partial charge in [-0.2, -0.15) is 0 Å². The van der Waals surface area contributed by atoms with Crippen LogP contribution >= 0.6 is 0 Å². The van der Waals surface area contributed by atoms with Crippen LogP contribution in [-0.4, -0.2) is 35.1 Å². The number of carboxylic acid groups (broad SMARTS) is 1. The van der Waals surface area contributed by atoms with Crippen LogP contribution in [0.4, 0.5) is 0 Å². The summed E-state index contributed by atoms with van der Waals surface area (Å²) < 4.78 is 0. The summed E-state index contributed by atoms with van der Waals surface area (Å²) in [6, 6.07) is 0.281. The van der Waals surface area contributed by atoms with Gasteiger partial charge in [0.25, 0.3) is 0 Å². The second-order valence-electron chi connectivity index (χ2n) is 4.56. The zero-order valence-electron chi connectivity index (χ0n) is 8.12. The van der Waals surface area contributed by atoms with Crippen molar-refractivity contribution in [3.05, 3.63) is 0 Å². The maximum atomic E-state index is 10.6. The highest BCUT2D eigenvalue weighted by molar-refractivity contribution is 5.67. The fourth-order valence-corrected chi connectivity index (χ4v) is 2.30. The molecule has 0 aromatic carbocycles. The molecule has 0 aromatic heterocycles. The molecule has 1 aliphatic carbocycles. The fraction of sp³-hybridized carbons (Fsp3) is 0.900. The van der Waals surface area contributed by atoms with Gasteiger partial charge in [0.1, 0.15) is 0 Å². The van der Waals surface area contributed by atoms with Crippen LogP contribution in [0.3, 0.4) is 0 Å². The van der Waals surface area contributed by atoms with Gasteiger partial charge in [-0.3, -0.25) is 9.69 Å². The molecule has 1 saturated carbocycles. The molecule has 13 heavy (non-hydrogen) atoms. The van der Waals surface area contributed by atoms with Crippen molar-refractivity contribution in [2.75, 3.05) is 13.1 Å². The lowest BCUT2D eigenvalue weighted by molar-refractivity contribution is -0.139. The molecule has 74 valence electrons. The molecule has 0 bridgehead atoms. The van der Waals surface area contributed by atoms with Gasteiger partial charge in [0.05, 0.1) is 6.42 Å². The summed E-state index contributed by atoms with van der Waals surface area (Å²) in [6.07, 6.45) is 4.01. The molecule has 1 saturated heterocycles. The number of aliphatic carboxylic acids is 1. The van der Waals surface area contributed by atoms with E-state index in [1.54, 1.807) is 0 Å². The minimum atomic E-state index is -0.663. The zero-order valence-corrected chi connectivity index (χ0v) is 8.12. The Balaban J connectivity index is 1.80. The molecule has 0 radical (unpaired) electrons. The van der Waals surface area contributed by atoms with E-state index in [0.717, 1.165) is 19.5 Å². The van der Waals surface area contributed by atoms with Gasteiger partial charge in [-0.25, -0.2) is 0 Å². The van der Waals surface area contributed by atoms with Crippen LogP contribution in [0.5, 0.6) is 0 Å². The monoisotopic (exact) mass is 183 g/mol. The molecule has 1 aliphatic heterocycles. The SMILES string of the molecule is CCC(CC(=O)O)N1CC2(CC2)C1. The largest absolute Gasteiger partial charge is 0.481 e. The molecular formula is C10H17NO2. The number of rotatable bonds is 4. The first-order chi connectivity index (χ1) is 6.15. The van der Waals surface area contributed by atoms with E-state index in [0.29, 0.717) is 11.8 Å². The smallest absolute Gasteiger partial charge is 0.304 e. The molecule has 1 atom stereocenters. The average molecular weight is 183 g/mol. The van der Waals surface area contributed by atoms with Gasteiger partial charge in [-0.1, -0.05) is 6.92 Å². The quantitative estimate of drug-likeness (QED) is 0.715. The van der Waals surface area contributed by atoms with E-state index in [1.165, 1.54) is 12.8 Å². The van der Waals surface area contributed by atoms with Crippen LogP contribution in [0.15, 0.2) is 0 Å². The minimum absolute atomic E-state index is 0.281. The number of carbonyl (C=O) groups is 1. The van der Waals surface area contributed by atoms with Gasteiger partial charge in [-0.05, 0) is 24.7 Å². The van der Waals surface area contributed by atoms with Crippen molar-refractivity contribution in [3.63, 3.8) is 0 Å². The summed E-state index contributed by atoms with van der Waals surface area (Å²) in [7, 11) is 0. The lowest BCUT2D eigenvalue weighted by atomic mass is 9.92. The first kappa shape index (κ1) is 9.00. The molecule has 0 aromatic rings. The highest BCUT2D eigenvalue weighted by Gasteiger charge is 2.53. The van der Waals surface area contributed by atoms with Crippen LogP contribution in [0.2, 0.25) is 0 Å². The van der Waals surface area contributed by atoms with Crippen molar-refractivity contribution in [1.29, 1.82) is 0 Å². The molecular weight excluding hydrogens is 166 g/mol. The van der Waals surface area contributed by atoms with Crippen molar-refractivity contribution in [2.24, 2.45) is 5.41 Å². The van der Waals surface area contributed by atoms with E-state index in [2.05, 4.69) is 11.8 Å². The Morgan fingerprint density at radius 1 is 1.54 bits per heavy atom. The van der Waals surface area contributed by atoms with Crippen LogP contribution < -0.4 is 0 Å². The van der Waals surface area contributed by atoms with Gasteiger partial charge in [0.2, 0.25) is 0 Å². The van der Waals surface area contributed by atoms with Gasteiger partial charge in [-0.15, -0.1) is 0 Å². The fourth-order valence-electron chi connectivity index (χ4n) is 2.30. The van der Waals surface area contributed by atoms with E-state index in [9.17, 15) is 4.79 Å². The van der Waals surface area contributed by atoms with E-state index in [-0.39, 0.29) is 6.04 Å². The highest BCUT2D eigenvalue weighted by atomic mass is 16.4. The summed E-state index contributed by atoms with van der Waals surface area (Å²) in [5.74, 6) is -0.663. The van der Waals surface area contributed by atoms with Crippen molar-refractivity contribution in [1.82, 2.24) is 4.90 Å². The third kappa shape index (κ3) is 1.70. The van der Waals surface area contributed by atoms with Crippen LogP contribution in [0.1, 0.15) is 32.6 Å². The predicted molar refractivity (Wildman–Crippen MR) is 49.6 cm³/mol. The van der Waals surface area contributed by atoms with Gasteiger partial charge in [0.15, 0.2) is 0 Å². The Labute approximate surface area is 78.7 Å². The zero-order chi connectivity index (χ0) is 9.47. The molecule has 1 unspecified atom stereocenters. The van der Waals surface area contributed by atoms with E-state index >= 15 is 0 Å². The number of hydrogen-bond donors (Lipinski definition) is 1. The van der Waals surface area contributed by atoms with Crippen molar-refractivity contribution < 1.29 is 9.90 Å². The standard InChI is InChI=1S/C10H17NO2/c1-2-8(5-9(12)13)11-6-10(7-11)3-4-10/h8H,2-7H2,1H3,(H,12,13). The second kappa shape index (κ2) is 2.98. The second-order valence-corrected chi connectivity index (χ2v) is 4.56. The average Bonchev–Trinajstić information content (AvgIpc) is 2.76. The Kier molecular flexibility index (Phi) is 2.06. The van der Waals surface area contributed by atoms with Crippen LogP contribution in [-0.2, 0) is 4.79 Å². The van der Waals surface area contributed by atoms with Gasteiger partial charge < -0.3 is 5.11 Å². The van der Waals surface area contributed by atoms with Gasteiger partial charge >= 0.3 is 5.97 Å². The van der Waals surface area contributed by atoms with Crippen molar-refractivity contribution in [3.8, 4) is 0 Å². The topological polar surface area (TPSA) is 40.5 Å². The maximum absolute atomic E-state index is 10.6. The third-order valence-corrected chi connectivity index (χ3v) is 3.43. The number of hydrogen-bond acceptors (Lipinski definition) is 2. The Hall–Kier alpha value is -0.570. The lowest BCUT2D eigenvalue weighted by Crippen LogP contribution is -2.53. The molecule has 0 amide bonds. The van der Waals surface area contributed by atoms with Crippen molar-refractivity contribution in [2.45, 2.75) is 38.6 Å². The highest BCUT2D eigenvalue weighted by Crippen LogP contribution is 2.53. The molecule has 1 spiro atoms. The Bertz CT molecular complexity index is 215. The first-order valence-electron chi connectivity index (χ1n) is 5.11. The summed E-state index contributed by atoms with van der Waals surface area (Å²) in [6.45, 7) is 4.38. The molecule has 2 aliphatic rings. The number of carboxylic acids is 1. The molecule has 2 rings (SSSR count). The normalized spacial score (nSPS) is 26.8. The van der Waals surface area contributed by atoms with Crippen LogP contribution in [0.25, 0.3) is 0 Å². The van der Waals surface area contributed by atoms with E-state index in [1.807, 2.05) is 0 Å². The predicted octanol–water partition coefficient (Wildman–Crippen LogP) is 1.34. The Morgan fingerprint density at radius 2 is 2.15 bits per heavy atom. The molecule has 1 N–H and O–H groups in total. The summed E-state index contributed by atoms with van der Waals surface area (Å²) in [5, 5.41) is 8.70. The maximum Gasteiger partial charge on any atom is 0.304 e. The first-order valence-corrected chi connectivity index (χ1v) is 5.11. The minimum Gasteiger partial charge on any atom is -0.481 e. The Morgan fingerprint density at radius 3 is 2.54 bits per heavy atom. The lowest BCUT2D eigenvalue weighted by Gasteiger charge is -2.44. The molecule has 3 nitrogen and oxygen atoms in total. The van der Waals surface area contributed by atoms with E-state index < -0.39 is 5.97 Å². The molecule has 3 heteroatoms. The van der Waals surface area contributed by atoms with Crippen molar-refractivity contribution >= 4 is 5.97 Å². The third-order valence-electron chi connectivity index (χ3n) is 3.43. The van der Waals surface area contributed by atoms with Gasteiger partial charge in [0, 0.05) is 19.1 Å². The number of nitrogens with zero attached hydrogens (tertiary/aromatic N) is 1.